The van der Waals surface area contributed by atoms with Crippen LogP contribution in [-0.4, -0.2) is 59.9 Å². The predicted molar refractivity (Wildman–Crippen MR) is 149 cm³/mol. The highest BCUT2D eigenvalue weighted by atomic mass is 16.5. The van der Waals surface area contributed by atoms with Crippen molar-refractivity contribution in [3.05, 3.63) is 53.2 Å². The van der Waals surface area contributed by atoms with Crippen LogP contribution in [0.5, 0.6) is 17.2 Å². The Morgan fingerprint density at radius 2 is 1.87 bits per heavy atom. The number of urea groups is 1. The van der Waals surface area contributed by atoms with Gasteiger partial charge in [-0.15, -0.1) is 0 Å². The molecule has 0 radical (unpaired) electrons. The fourth-order valence-electron chi connectivity index (χ4n) is 4.03. The molecule has 1 heterocycles. The standard InChI is InChI=1S/C29H37N5O4/c1-6-12-32-29(36)33-24-9-10-26(20(5)19(24)4)38-27-11-13-31-25-15-28(21(16-30)14-23(25)27)37-18-22(35)17-34(7-2)8-3/h9-11,13-15,22,35H,6-8,12,17-18H2,1-5H3,(H2,32,33,36)/t22-/m1/s1. The van der Waals surface area contributed by atoms with Gasteiger partial charge in [0.25, 0.3) is 0 Å². The number of rotatable bonds is 12. The van der Waals surface area contributed by atoms with Gasteiger partial charge in [0, 0.05) is 36.4 Å². The Balaban J connectivity index is 1.82. The SMILES string of the molecule is CCCNC(=O)Nc1ccc(Oc2ccnc3cc(OC[C@H](O)CN(CC)CC)c(C#N)cc23)c(C)c1C. The lowest BCUT2D eigenvalue weighted by molar-refractivity contribution is 0.0716. The highest BCUT2D eigenvalue weighted by Gasteiger charge is 2.16. The number of anilines is 1. The smallest absolute Gasteiger partial charge is 0.319 e. The molecule has 0 aliphatic heterocycles. The van der Waals surface area contributed by atoms with E-state index in [2.05, 4.69) is 26.6 Å². The van der Waals surface area contributed by atoms with Gasteiger partial charge in [0.2, 0.25) is 0 Å². The number of hydrogen-bond donors (Lipinski definition) is 3. The molecule has 202 valence electrons. The maximum absolute atomic E-state index is 12.1. The number of hydrogen-bond acceptors (Lipinski definition) is 7. The second-order valence-corrected chi connectivity index (χ2v) is 9.08. The van der Waals surface area contributed by atoms with Gasteiger partial charge in [-0.1, -0.05) is 20.8 Å². The Bertz CT molecular complexity index is 1300. The van der Waals surface area contributed by atoms with E-state index in [0.29, 0.717) is 52.5 Å². The number of fused-ring (bicyclic) bond motifs is 1. The average molecular weight is 520 g/mol. The summed E-state index contributed by atoms with van der Waals surface area (Å²) in [7, 11) is 0. The largest absolute Gasteiger partial charge is 0.489 e. The minimum Gasteiger partial charge on any atom is -0.489 e. The lowest BCUT2D eigenvalue weighted by Crippen LogP contribution is -2.35. The van der Waals surface area contributed by atoms with Crippen LogP contribution in [0.1, 0.15) is 43.9 Å². The molecule has 3 rings (SSSR count). The van der Waals surface area contributed by atoms with Crippen molar-refractivity contribution in [3.63, 3.8) is 0 Å². The van der Waals surface area contributed by atoms with Crippen molar-refractivity contribution in [1.29, 1.82) is 5.26 Å². The first kappa shape index (κ1) is 28.7. The number of aliphatic hydroxyl groups is 1. The summed E-state index contributed by atoms with van der Waals surface area (Å²) < 4.78 is 12.1. The van der Waals surface area contributed by atoms with Crippen LogP contribution in [0.3, 0.4) is 0 Å². The normalized spacial score (nSPS) is 11.7. The van der Waals surface area contributed by atoms with E-state index in [9.17, 15) is 15.2 Å². The summed E-state index contributed by atoms with van der Waals surface area (Å²) in [6.45, 7) is 12.8. The number of carbonyl (C=O) groups is 1. The third-order valence-corrected chi connectivity index (χ3v) is 6.46. The highest BCUT2D eigenvalue weighted by Crippen LogP contribution is 2.36. The minimum atomic E-state index is -0.679. The van der Waals surface area contributed by atoms with E-state index in [1.807, 2.05) is 46.8 Å². The van der Waals surface area contributed by atoms with Gasteiger partial charge < -0.3 is 30.1 Å². The zero-order valence-electron chi connectivity index (χ0n) is 22.8. The molecule has 0 aliphatic carbocycles. The minimum absolute atomic E-state index is 0.0716. The van der Waals surface area contributed by atoms with Crippen molar-refractivity contribution in [2.45, 2.75) is 47.1 Å². The molecule has 0 fully saturated rings. The second-order valence-electron chi connectivity index (χ2n) is 9.08. The first-order valence-electron chi connectivity index (χ1n) is 13.0. The lowest BCUT2D eigenvalue weighted by Gasteiger charge is -2.22. The number of nitrogens with zero attached hydrogens (tertiary/aromatic N) is 3. The third-order valence-electron chi connectivity index (χ3n) is 6.46. The Morgan fingerprint density at radius 3 is 2.55 bits per heavy atom. The molecule has 0 saturated heterocycles. The van der Waals surface area contributed by atoms with Gasteiger partial charge in [0.15, 0.2) is 0 Å². The Kier molecular flexibility index (Phi) is 10.3. The first-order valence-corrected chi connectivity index (χ1v) is 13.0. The van der Waals surface area contributed by atoms with Crippen molar-refractivity contribution in [2.75, 3.05) is 38.1 Å². The summed E-state index contributed by atoms with van der Waals surface area (Å²) in [6, 6.07) is 10.7. The topological polar surface area (TPSA) is 120 Å². The molecule has 0 saturated carbocycles. The van der Waals surface area contributed by atoms with Crippen LogP contribution < -0.4 is 20.1 Å². The van der Waals surface area contributed by atoms with Crippen LogP contribution in [-0.2, 0) is 0 Å². The predicted octanol–water partition coefficient (Wildman–Crippen LogP) is 5.13. The van der Waals surface area contributed by atoms with Gasteiger partial charge in [0.1, 0.15) is 36.0 Å². The van der Waals surface area contributed by atoms with E-state index >= 15 is 0 Å². The van der Waals surface area contributed by atoms with E-state index in [4.69, 9.17) is 9.47 Å². The molecule has 2 amide bonds. The summed E-state index contributed by atoms with van der Waals surface area (Å²) in [4.78, 5) is 18.6. The van der Waals surface area contributed by atoms with Crippen LogP contribution in [0.2, 0.25) is 0 Å². The number of likely N-dealkylation sites (N-methyl/N-ethyl adjacent to an activating group) is 1. The second kappa shape index (κ2) is 13.6. The van der Waals surface area contributed by atoms with Crippen LogP contribution >= 0.6 is 0 Å². The number of amides is 2. The number of nitriles is 1. The average Bonchev–Trinajstić information content (AvgIpc) is 2.92. The lowest BCUT2D eigenvalue weighted by atomic mass is 10.1. The number of ether oxygens (including phenoxy) is 2. The number of aromatic nitrogens is 1. The maximum Gasteiger partial charge on any atom is 0.319 e. The summed E-state index contributed by atoms with van der Waals surface area (Å²) in [5, 5.41) is 26.5. The molecular weight excluding hydrogens is 482 g/mol. The molecule has 2 aromatic carbocycles. The van der Waals surface area contributed by atoms with Crippen LogP contribution in [0.25, 0.3) is 10.9 Å². The molecule has 1 aromatic heterocycles. The van der Waals surface area contributed by atoms with Gasteiger partial charge in [0.05, 0.1) is 11.1 Å². The quantitative estimate of drug-likeness (QED) is 0.303. The fraction of sp³-hybridized carbons (Fsp3) is 0.414. The molecular formula is C29H37N5O4. The van der Waals surface area contributed by atoms with E-state index in [0.717, 1.165) is 30.6 Å². The van der Waals surface area contributed by atoms with Gasteiger partial charge in [-0.2, -0.15) is 5.26 Å². The van der Waals surface area contributed by atoms with E-state index < -0.39 is 6.10 Å². The van der Waals surface area contributed by atoms with Gasteiger partial charge in [-0.25, -0.2) is 4.79 Å². The van der Waals surface area contributed by atoms with Gasteiger partial charge >= 0.3 is 6.03 Å². The molecule has 0 bridgehead atoms. The molecule has 3 aromatic rings. The first-order chi connectivity index (χ1) is 18.3. The van der Waals surface area contributed by atoms with Crippen molar-refractivity contribution in [2.24, 2.45) is 0 Å². The number of benzene rings is 2. The fourth-order valence-corrected chi connectivity index (χ4v) is 4.03. The molecule has 3 N–H and O–H groups in total. The molecule has 9 heteroatoms. The van der Waals surface area contributed by atoms with Gasteiger partial charge in [-0.05, 0) is 68.8 Å². The van der Waals surface area contributed by atoms with Crippen molar-refractivity contribution in [3.8, 4) is 23.3 Å². The van der Waals surface area contributed by atoms with E-state index in [1.54, 1.807) is 24.4 Å². The number of carbonyl (C=O) groups excluding carboxylic acids is 1. The zero-order chi connectivity index (χ0) is 27.7. The zero-order valence-corrected chi connectivity index (χ0v) is 22.8. The Morgan fingerprint density at radius 1 is 1.11 bits per heavy atom. The third kappa shape index (κ3) is 7.12. The summed E-state index contributed by atoms with van der Waals surface area (Å²) in [5.74, 6) is 1.54. The van der Waals surface area contributed by atoms with Crippen LogP contribution in [0, 0.1) is 25.2 Å². The molecule has 0 unspecified atom stereocenters. The van der Waals surface area contributed by atoms with Crippen LogP contribution in [0.4, 0.5) is 10.5 Å². The van der Waals surface area contributed by atoms with Crippen LogP contribution in [0.15, 0.2) is 36.5 Å². The van der Waals surface area contributed by atoms with Crippen molar-refractivity contribution < 1.29 is 19.4 Å². The molecule has 1 atom stereocenters. The summed E-state index contributed by atoms with van der Waals surface area (Å²) in [6.07, 6.45) is 1.82. The Hall–Kier alpha value is -3.87. The summed E-state index contributed by atoms with van der Waals surface area (Å²) in [5.41, 5.74) is 3.42. The molecule has 0 spiro atoms. The van der Waals surface area contributed by atoms with E-state index in [1.165, 1.54) is 0 Å². The Labute approximate surface area is 224 Å². The van der Waals surface area contributed by atoms with Gasteiger partial charge in [-0.3, -0.25) is 4.98 Å². The molecule has 0 aliphatic rings. The monoisotopic (exact) mass is 519 g/mol. The van der Waals surface area contributed by atoms with Crippen molar-refractivity contribution in [1.82, 2.24) is 15.2 Å². The molecule has 38 heavy (non-hydrogen) atoms. The number of pyridine rings is 1. The van der Waals surface area contributed by atoms with E-state index in [-0.39, 0.29) is 12.6 Å². The number of aliphatic hydroxyl groups excluding tert-OH is 1. The number of nitrogens with one attached hydrogen (secondary N) is 2. The summed E-state index contributed by atoms with van der Waals surface area (Å²) >= 11 is 0. The highest BCUT2D eigenvalue weighted by molar-refractivity contribution is 5.91. The maximum atomic E-state index is 12.1. The van der Waals surface area contributed by atoms with Crippen molar-refractivity contribution >= 4 is 22.6 Å². The molecule has 9 nitrogen and oxygen atoms in total.